The Hall–Kier alpha value is -2.12. The van der Waals surface area contributed by atoms with E-state index in [1.165, 1.54) is 14.2 Å². The molecule has 1 unspecified atom stereocenters. The number of aliphatic hydroxyl groups is 1. The van der Waals surface area contributed by atoms with E-state index in [0.29, 0.717) is 17.1 Å². The summed E-state index contributed by atoms with van der Waals surface area (Å²) in [6.45, 7) is 7.70. The SMILES string of the molecule is CCOP(=O)(CC(Nc1ccc(C)nc1C)c1cc(OC)c(CO)c(OC)c1)OCC. The summed E-state index contributed by atoms with van der Waals surface area (Å²) < 4.78 is 35.4. The molecule has 1 atom stereocenters. The maximum absolute atomic E-state index is 13.4. The highest BCUT2D eigenvalue weighted by Gasteiger charge is 2.31. The van der Waals surface area contributed by atoms with E-state index in [0.717, 1.165) is 22.6 Å². The fraction of sp³-hybridized carbons (Fsp3) is 0.500. The van der Waals surface area contributed by atoms with Crippen LogP contribution in [0.3, 0.4) is 0 Å². The number of nitrogens with one attached hydrogen (secondary N) is 1. The number of pyridine rings is 1. The second-order valence-corrected chi connectivity index (χ2v) is 9.08. The van der Waals surface area contributed by atoms with Gasteiger partial charge in [-0.1, -0.05) is 0 Å². The number of hydrogen-bond acceptors (Lipinski definition) is 8. The van der Waals surface area contributed by atoms with Gasteiger partial charge < -0.3 is 28.9 Å². The van der Waals surface area contributed by atoms with E-state index < -0.39 is 13.6 Å². The first-order valence-electron chi connectivity index (χ1n) is 10.2. The number of aromatic nitrogens is 1. The zero-order chi connectivity index (χ0) is 23.0. The smallest absolute Gasteiger partial charge is 0.333 e. The van der Waals surface area contributed by atoms with Crippen LogP contribution in [-0.4, -0.2) is 43.7 Å². The Kier molecular flexibility index (Phi) is 9.32. The summed E-state index contributed by atoms with van der Waals surface area (Å²) >= 11 is 0. The van der Waals surface area contributed by atoms with Crippen LogP contribution in [0.4, 0.5) is 5.69 Å². The van der Waals surface area contributed by atoms with Crippen molar-refractivity contribution in [2.75, 3.05) is 38.9 Å². The summed E-state index contributed by atoms with van der Waals surface area (Å²) in [6, 6.07) is 6.99. The Labute approximate surface area is 184 Å². The molecule has 0 aliphatic rings. The highest BCUT2D eigenvalue weighted by molar-refractivity contribution is 7.53. The van der Waals surface area contributed by atoms with E-state index in [1.54, 1.807) is 26.0 Å². The van der Waals surface area contributed by atoms with Crippen LogP contribution in [0.2, 0.25) is 0 Å². The number of methoxy groups -OCH3 is 2. The average Bonchev–Trinajstić information content (AvgIpc) is 2.74. The highest BCUT2D eigenvalue weighted by atomic mass is 31.2. The molecule has 1 aromatic carbocycles. The number of benzene rings is 1. The van der Waals surface area contributed by atoms with Gasteiger partial charge in [-0.15, -0.1) is 0 Å². The predicted octanol–water partition coefficient (Wildman–Crippen LogP) is 4.63. The van der Waals surface area contributed by atoms with Crippen LogP contribution in [0.5, 0.6) is 11.5 Å². The van der Waals surface area contributed by atoms with E-state index in [9.17, 15) is 9.67 Å². The molecule has 9 heteroatoms. The zero-order valence-electron chi connectivity index (χ0n) is 19.1. The minimum atomic E-state index is -3.38. The van der Waals surface area contributed by atoms with Crippen molar-refractivity contribution in [3.8, 4) is 11.5 Å². The molecule has 0 spiro atoms. The van der Waals surface area contributed by atoms with Crippen LogP contribution < -0.4 is 14.8 Å². The molecule has 1 aromatic heterocycles. The molecule has 2 aromatic rings. The Bertz CT molecular complexity index is 886. The zero-order valence-corrected chi connectivity index (χ0v) is 20.0. The predicted molar refractivity (Wildman–Crippen MR) is 121 cm³/mol. The van der Waals surface area contributed by atoms with Gasteiger partial charge in [0.25, 0.3) is 0 Å². The van der Waals surface area contributed by atoms with Crippen molar-refractivity contribution in [1.82, 2.24) is 4.98 Å². The molecule has 2 N–H and O–H groups in total. The molecule has 0 saturated heterocycles. The summed E-state index contributed by atoms with van der Waals surface area (Å²) in [6.07, 6.45) is 0.0901. The largest absolute Gasteiger partial charge is 0.496 e. The monoisotopic (exact) mass is 452 g/mol. The molecule has 0 fully saturated rings. The van der Waals surface area contributed by atoms with Gasteiger partial charge in [-0.2, -0.15) is 0 Å². The molecule has 0 radical (unpaired) electrons. The van der Waals surface area contributed by atoms with Crippen LogP contribution in [0.1, 0.15) is 42.4 Å². The van der Waals surface area contributed by atoms with Crippen LogP contribution in [0.15, 0.2) is 24.3 Å². The molecular weight excluding hydrogens is 419 g/mol. The fourth-order valence-corrected chi connectivity index (χ4v) is 5.20. The maximum atomic E-state index is 13.4. The average molecular weight is 452 g/mol. The third-order valence-electron chi connectivity index (χ3n) is 4.80. The normalized spacial score (nSPS) is 12.5. The van der Waals surface area contributed by atoms with Crippen molar-refractivity contribution in [3.05, 3.63) is 46.8 Å². The Balaban J connectivity index is 2.56. The van der Waals surface area contributed by atoms with Gasteiger partial charge in [0.15, 0.2) is 0 Å². The van der Waals surface area contributed by atoms with E-state index in [1.807, 2.05) is 26.0 Å². The van der Waals surface area contributed by atoms with E-state index >= 15 is 0 Å². The number of anilines is 1. The van der Waals surface area contributed by atoms with E-state index in [4.69, 9.17) is 18.5 Å². The first-order chi connectivity index (χ1) is 14.8. The van der Waals surface area contributed by atoms with Crippen LogP contribution in [0.25, 0.3) is 0 Å². The topological polar surface area (TPSA) is 99.1 Å². The van der Waals surface area contributed by atoms with Gasteiger partial charge in [0.1, 0.15) is 11.5 Å². The third kappa shape index (κ3) is 6.43. The molecule has 0 saturated carbocycles. The summed E-state index contributed by atoms with van der Waals surface area (Å²) in [4.78, 5) is 4.51. The minimum absolute atomic E-state index is 0.0901. The summed E-state index contributed by atoms with van der Waals surface area (Å²) in [7, 11) is -0.328. The molecule has 0 bridgehead atoms. The molecular formula is C22H33N2O6P. The molecule has 172 valence electrons. The lowest BCUT2D eigenvalue weighted by molar-refractivity contribution is 0.219. The van der Waals surface area contributed by atoms with Crippen molar-refractivity contribution in [1.29, 1.82) is 0 Å². The number of ether oxygens (including phenoxy) is 2. The summed E-state index contributed by atoms with van der Waals surface area (Å²) in [5, 5.41) is 13.2. The first kappa shape index (κ1) is 25.1. The van der Waals surface area contributed by atoms with Crippen molar-refractivity contribution in [2.24, 2.45) is 0 Å². The van der Waals surface area contributed by atoms with E-state index in [-0.39, 0.29) is 26.0 Å². The van der Waals surface area contributed by atoms with Crippen molar-refractivity contribution in [3.63, 3.8) is 0 Å². The van der Waals surface area contributed by atoms with Crippen LogP contribution in [0, 0.1) is 13.8 Å². The van der Waals surface area contributed by atoms with Crippen molar-refractivity contribution >= 4 is 13.3 Å². The summed E-state index contributed by atoms with van der Waals surface area (Å²) in [5.41, 5.74) is 3.83. The number of aryl methyl sites for hydroxylation is 2. The van der Waals surface area contributed by atoms with Gasteiger partial charge in [0.05, 0.1) is 63.2 Å². The van der Waals surface area contributed by atoms with Gasteiger partial charge in [0.2, 0.25) is 0 Å². The fourth-order valence-electron chi connectivity index (χ4n) is 3.38. The number of rotatable bonds is 12. The number of nitrogens with zero attached hydrogens (tertiary/aromatic N) is 1. The van der Waals surface area contributed by atoms with Gasteiger partial charge in [-0.05, 0) is 57.5 Å². The Morgan fingerprint density at radius 1 is 1.06 bits per heavy atom. The minimum Gasteiger partial charge on any atom is -0.496 e. The van der Waals surface area contributed by atoms with E-state index in [2.05, 4.69) is 10.3 Å². The molecule has 1 heterocycles. The Morgan fingerprint density at radius 2 is 1.65 bits per heavy atom. The van der Waals surface area contributed by atoms with Gasteiger partial charge in [-0.25, -0.2) is 0 Å². The molecule has 0 amide bonds. The molecule has 31 heavy (non-hydrogen) atoms. The van der Waals surface area contributed by atoms with Gasteiger partial charge in [0, 0.05) is 5.69 Å². The highest BCUT2D eigenvalue weighted by Crippen LogP contribution is 2.52. The Morgan fingerprint density at radius 3 is 2.10 bits per heavy atom. The van der Waals surface area contributed by atoms with Crippen LogP contribution >= 0.6 is 7.60 Å². The lowest BCUT2D eigenvalue weighted by Gasteiger charge is -2.27. The third-order valence-corrected chi connectivity index (χ3v) is 6.92. The lowest BCUT2D eigenvalue weighted by atomic mass is 10.0. The molecule has 2 rings (SSSR count). The number of hydrogen-bond donors (Lipinski definition) is 2. The molecule has 8 nitrogen and oxygen atoms in total. The van der Waals surface area contributed by atoms with Crippen molar-refractivity contribution < 1.29 is 28.2 Å². The second kappa shape index (κ2) is 11.5. The van der Waals surface area contributed by atoms with Gasteiger partial charge >= 0.3 is 7.60 Å². The second-order valence-electron chi connectivity index (χ2n) is 6.97. The standard InChI is InChI=1S/C22H33N2O6P/c1-7-29-31(26,30-8-2)14-20(24-19-10-9-15(3)23-16(19)4)17-11-21(27-5)18(13-25)22(12-17)28-6/h9-12,20,24-25H,7-8,13-14H2,1-6H3. The maximum Gasteiger partial charge on any atom is 0.333 e. The van der Waals surface area contributed by atoms with Crippen molar-refractivity contribution in [2.45, 2.75) is 40.3 Å². The van der Waals surface area contributed by atoms with Gasteiger partial charge in [-0.3, -0.25) is 9.55 Å². The number of aliphatic hydroxyl groups excluding tert-OH is 1. The summed E-state index contributed by atoms with van der Waals surface area (Å²) in [5.74, 6) is 0.954. The molecule has 0 aliphatic heterocycles. The molecule has 0 aliphatic carbocycles. The first-order valence-corrected chi connectivity index (χ1v) is 12.0. The lowest BCUT2D eigenvalue weighted by Crippen LogP contribution is -2.19. The van der Waals surface area contributed by atoms with Crippen LogP contribution in [-0.2, 0) is 20.2 Å². The quantitative estimate of drug-likeness (QED) is 0.450.